The van der Waals surface area contributed by atoms with Crippen LogP contribution in [0.4, 0.5) is 4.39 Å². The number of nitrogens with zero attached hydrogens (tertiary/aromatic N) is 2. The topological polar surface area (TPSA) is 115 Å². The monoisotopic (exact) mass is 499 g/mol. The van der Waals surface area contributed by atoms with Crippen LogP contribution in [-0.2, 0) is 16.0 Å². The van der Waals surface area contributed by atoms with Crippen molar-refractivity contribution in [3.63, 3.8) is 0 Å². The Bertz CT molecular complexity index is 1480. The zero-order valence-electron chi connectivity index (χ0n) is 20.0. The van der Waals surface area contributed by atoms with Crippen molar-refractivity contribution in [2.45, 2.75) is 19.4 Å². The van der Waals surface area contributed by atoms with E-state index in [9.17, 15) is 19.1 Å². The van der Waals surface area contributed by atoms with Gasteiger partial charge in [0.1, 0.15) is 17.6 Å². The van der Waals surface area contributed by atoms with Crippen molar-refractivity contribution < 1.29 is 28.3 Å². The third-order valence-corrected chi connectivity index (χ3v) is 5.45. The molecule has 0 fully saturated rings. The number of aliphatic carboxylic acids is 1. The molecule has 1 amide bonds. The first-order chi connectivity index (χ1) is 17.8. The Hall–Kier alpha value is -4.97. The molecule has 9 heteroatoms. The maximum Gasteiger partial charge on any atom is 0.326 e. The summed E-state index contributed by atoms with van der Waals surface area (Å²) in [5, 5.41) is 15.8. The van der Waals surface area contributed by atoms with Gasteiger partial charge in [-0.25, -0.2) is 9.18 Å². The zero-order chi connectivity index (χ0) is 26.4. The SMILES string of the molecule is COc1ccc(C#CC(=O)NC(Cc2ccc(-c3noc(-c4ccc(C)cc4)n3)c(F)c2)C(=O)O)cc1. The lowest BCUT2D eigenvalue weighted by Crippen LogP contribution is -2.41. The molecule has 3 aromatic carbocycles. The van der Waals surface area contributed by atoms with E-state index < -0.39 is 23.7 Å². The molecule has 0 bridgehead atoms. The van der Waals surface area contributed by atoms with Gasteiger partial charge in [0.05, 0.1) is 12.7 Å². The van der Waals surface area contributed by atoms with Gasteiger partial charge < -0.3 is 19.7 Å². The molecule has 37 heavy (non-hydrogen) atoms. The van der Waals surface area contributed by atoms with Crippen molar-refractivity contribution in [1.29, 1.82) is 0 Å². The molecule has 186 valence electrons. The van der Waals surface area contributed by atoms with Gasteiger partial charge in [0, 0.05) is 23.5 Å². The molecule has 1 unspecified atom stereocenters. The Labute approximate surface area is 212 Å². The molecule has 0 saturated heterocycles. The van der Waals surface area contributed by atoms with Gasteiger partial charge in [0.2, 0.25) is 5.82 Å². The summed E-state index contributed by atoms with van der Waals surface area (Å²) < 4.78 is 25.2. The average Bonchev–Trinajstić information content (AvgIpc) is 3.38. The number of carboxylic acid groups (broad SMARTS) is 1. The van der Waals surface area contributed by atoms with Gasteiger partial charge in [-0.2, -0.15) is 4.98 Å². The predicted octanol–water partition coefficient (Wildman–Crippen LogP) is 4.02. The zero-order valence-corrected chi connectivity index (χ0v) is 20.0. The third-order valence-electron chi connectivity index (χ3n) is 5.45. The summed E-state index contributed by atoms with van der Waals surface area (Å²) >= 11 is 0. The van der Waals surface area contributed by atoms with Crippen LogP contribution in [0.5, 0.6) is 5.75 Å². The second-order valence-electron chi connectivity index (χ2n) is 8.15. The molecular formula is C28H22FN3O5. The molecule has 0 saturated carbocycles. The lowest BCUT2D eigenvalue weighted by molar-refractivity contribution is -0.141. The van der Waals surface area contributed by atoms with Gasteiger partial charge in [-0.1, -0.05) is 34.8 Å². The summed E-state index contributed by atoms with van der Waals surface area (Å²) in [5.41, 5.74) is 2.81. The predicted molar refractivity (Wildman–Crippen MR) is 133 cm³/mol. The largest absolute Gasteiger partial charge is 0.497 e. The Morgan fingerprint density at radius 1 is 1.11 bits per heavy atom. The Balaban J connectivity index is 1.44. The fraction of sp³-hybridized carbons (Fsp3) is 0.143. The summed E-state index contributed by atoms with van der Waals surface area (Å²) in [6.45, 7) is 1.95. The van der Waals surface area contributed by atoms with Crippen molar-refractivity contribution >= 4 is 11.9 Å². The number of aryl methyl sites for hydroxylation is 1. The molecule has 4 rings (SSSR count). The van der Waals surface area contributed by atoms with Crippen molar-refractivity contribution in [2.75, 3.05) is 7.11 Å². The average molecular weight is 499 g/mol. The molecular weight excluding hydrogens is 477 g/mol. The highest BCUT2D eigenvalue weighted by atomic mass is 19.1. The van der Waals surface area contributed by atoms with E-state index in [0.29, 0.717) is 22.4 Å². The van der Waals surface area contributed by atoms with Gasteiger partial charge >= 0.3 is 5.97 Å². The van der Waals surface area contributed by atoms with E-state index in [-0.39, 0.29) is 23.7 Å². The highest BCUT2D eigenvalue weighted by molar-refractivity contribution is 5.96. The summed E-state index contributed by atoms with van der Waals surface area (Å²) in [4.78, 5) is 28.2. The number of aromatic nitrogens is 2. The Morgan fingerprint density at radius 3 is 2.49 bits per heavy atom. The molecule has 2 N–H and O–H groups in total. The van der Waals surface area contributed by atoms with Crippen LogP contribution in [0.2, 0.25) is 0 Å². The van der Waals surface area contributed by atoms with Crippen LogP contribution in [0.3, 0.4) is 0 Å². The Morgan fingerprint density at radius 2 is 1.84 bits per heavy atom. The lowest BCUT2D eigenvalue weighted by atomic mass is 10.0. The second-order valence-corrected chi connectivity index (χ2v) is 8.15. The number of amides is 1. The highest BCUT2D eigenvalue weighted by Crippen LogP contribution is 2.25. The van der Waals surface area contributed by atoms with Gasteiger partial charge in [-0.15, -0.1) is 0 Å². The molecule has 1 atom stereocenters. The van der Waals surface area contributed by atoms with E-state index in [4.69, 9.17) is 9.26 Å². The smallest absolute Gasteiger partial charge is 0.326 e. The normalized spacial score (nSPS) is 11.2. The summed E-state index contributed by atoms with van der Waals surface area (Å²) in [6.07, 6.45) is -0.149. The molecule has 0 radical (unpaired) electrons. The van der Waals surface area contributed by atoms with Gasteiger partial charge in [0.15, 0.2) is 0 Å². The van der Waals surface area contributed by atoms with Crippen LogP contribution in [0.15, 0.2) is 71.3 Å². The molecule has 0 aliphatic rings. The molecule has 1 heterocycles. The maximum atomic E-state index is 14.9. The molecule has 0 aliphatic carbocycles. The minimum atomic E-state index is -1.30. The van der Waals surface area contributed by atoms with Crippen LogP contribution >= 0.6 is 0 Å². The molecule has 4 aromatic rings. The van der Waals surface area contributed by atoms with Crippen LogP contribution < -0.4 is 10.1 Å². The van der Waals surface area contributed by atoms with Gasteiger partial charge in [-0.3, -0.25) is 4.79 Å². The molecule has 0 aliphatic heterocycles. The number of carboxylic acids is 1. The van der Waals surface area contributed by atoms with Crippen molar-refractivity contribution in [1.82, 2.24) is 15.5 Å². The number of benzene rings is 3. The summed E-state index contributed by atoms with van der Waals surface area (Å²) in [5.74, 6) is 3.30. The lowest BCUT2D eigenvalue weighted by Gasteiger charge is -2.13. The number of carbonyl (C=O) groups excluding carboxylic acids is 1. The van der Waals surface area contributed by atoms with E-state index in [1.165, 1.54) is 19.2 Å². The Kier molecular flexibility index (Phi) is 7.59. The van der Waals surface area contributed by atoms with Gasteiger partial charge in [-0.05, 0) is 61.0 Å². The van der Waals surface area contributed by atoms with E-state index in [1.807, 2.05) is 31.2 Å². The molecule has 0 spiro atoms. The standard InChI is InChI=1S/C28H22FN3O5/c1-17-3-9-20(10-4-17)27-31-26(32-37-27)22-13-7-19(15-23(22)29)16-24(28(34)35)30-25(33)14-8-18-5-11-21(36-2)12-6-18/h3-7,9-13,15,24H,16H2,1-2H3,(H,30,33)(H,34,35). The van der Waals surface area contributed by atoms with Crippen LogP contribution in [0.25, 0.3) is 22.8 Å². The minimum Gasteiger partial charge on any atom is -0.497 e. The second kappa shape index (κ2) is 11.2. The first-order valence-electron chi connectivity index (χ1n) is 11.2. The number of halogens is 1. The van der Waals surface area contributed by atoms with E-state index in [1.54, 1.807) is 30.3 Å². The van der Waals surface area contributed by atoms with Crippen molar-refractivity contribution in [3.8, 4) is 40.4 Å². The minimum absolute atomic E-state index is 0.0662. The number of ether oxygens (including phenoxy) is 1. The number of methoxy groups -OCH3 is 1. The summed E-state index contributed by atoms with van der Waals surface area (Å²) in [7, 11) is 1.53. The van der Waals surface area contributed by atoms with Gasteiger partial charge in [0.25, 0.3) is 11.8 Å². The number of nitrogens with one attached hydrogen (secondary N) is 1. The van der Waals surface area contributed by atoms with E-state index in [0.717, 1.165) is 5.56 Å². The number of hydrogen-bond acceptors (Lipinski definition) is 6. The van der Waals surface area contributed by atoms with Crippen LogP contribution in [-0.4, -0.2) is 40.3 Å². The number of carbonyl (C=O) groups is 2. The maximum absolute atomic E-state index is 14.9. The molecule has 1 aromatic heterocycles. The first-order valence-corrected chi connectivity index (χ1v) is 11.2. The quantitative estimate of drug-likeness (QED) is 0.369. The first kappa shape index (κ1) is 25.1. The molecule has 8 nitrogen and oxygen atoms in total. The summed E-state index contributed by atoms with van der Waals surface area (Å²) in [6, 6.07) is 17.1. The fourth-order valence-electron chi connectivity index (χ4n) is 3.45. The van der Waals surface area contributed by atoms with Crippen molar-refractivity contribution in [2.24, 2.45) is 0 Å². The third kappa shape index (κ3) is 6.38. The number of hydrogen-bond donors (Lipinski definition) is 2. The number of rotatable bonds is 7. The van der Waals surface area contributed by atoms with Crippen LogP contribution in [0.1, 0.15) is 16.7 Å². The van der Waals surface area contributed by atoms with E-state index >= 15 is 0 Å². The van der Waals surface area contributed by atoms with Crippen molar-refractivity contribution in [3.05, 3.63) is 89.2 Å². The van der Waals surface area contributed by atoms with Crippen LogP contribution in [0, 0.1) is 24.6 Å². The van der Waals surface area contributed by atoms with E-state index in [2.05, 4.69) is 27.3 Å². The fourth-order valence-corrected chi connectivity index (χ4v) is 3.45. The highest BCUT2D eigenvalue weighted by Gasteiger charge is 2.21.